The molecule has 0 aliphatic rings. The van der Waals surface area contributed by atoms with Gasteiger partial charge >= 0.3 is 0 Å². The van der Waals surface area contributed by atoms with Crippen LogP contribution in [0.25, 0.3) is 0 Å². The second-order valence-electron chi connectivity index (χ2n) is 3.72. The van der Waals surface area contributed by atoms with Gasteiger partial charge in [-0.2, -0.15) is 0 Å². The molecule has 6 heteroatoms. The third kappa shape index (κ3) is 3.26. The first kappa shape index (κ1) is 13.6. The zero-order chi connectivity index (χ0) is 13.1. The van der Waals surface area contributed by atoms with E-state index in [2.05, 4.69) is 5.16 Å². The van der Waals surface area contributed by atoms with Crippen molar-refractivity contribution in [3.63, 3.8) is 0 Å². The first-order valence-electron chi connectivity index (χ1n) is 5.07. The molecular weight excluding hydrogens is 245 g/mol. The summed E-state index contributed by atoms with van der Waals surface area (Å²) in [5.74, 6) is -0.507. The summed E-state index contributed by atoms with van der Waals surface area (Å²) in [6.07, 6.45) is 1.32. The van der Waals surface area contributed by atoms with Gasteiger partial charge in [0.1, 0.15) is 16.8 Å². The molecular formula is C11H14FNO3S. The third-order valence-corrected chi connectivity index (χ3v) is 4.01. The second-order valence-corrected chi connectivity index (χ2v) is 5.95. The lowest BCUT2D eigenvalue weighted by atomic mass is 10.1. The van der Waals surface area contributed by atoms with Gasteiger partial charge in [0, 0.05) is 11.8 Å². The van der Waals surface area contributed by atoms with Crippen molar-refractivity contribution in [1.82, 2.24) is 0 Å². The van der Waals surface area contributed by atoms with E-state index in [1.807, 2.05) is 0 Å². The number of nitrogens with zero attached hydrogens (tertiary/aromatic N) is 1. The van der Waals surface area contributed by atoms with Crippen LogP contribution in [0.2, 0.25) is 0 Å². The van der Waals surface area contributed by atoms with E-state index in [1.165, 1.54) is 18.2 Å². The van der Waals surface area contributed by atoms with Gasteiger partial charge in [-0.3, -0.25) is 0 Å². The van der Waals surface area contributed by atoms with Crippen molar-refractivity contribution in [2.75, 3.05) is 6.26 Å². The zero-order valence-corrected chi connectivity index (χ0v) is 10.4. The summed E-state index contributed by atoms with van der Waals surface area (Å²) < 4.78 is 36.1. The molecule has 0 aliphatic heterocycles. The fourth-order valence-electron chi connectivity index (χ4n) is 1.65. The Bertz CT molecular complexity index is 525. The van der Waals surface area contributed by atoms with Crippen molar-refractivity contribution in [2.24, 2.45) is 5.16 Å². The van der Waals surface area contributed by atoms with E-state index in [1.54, 1.807) is 6.92 Å². The summed E-state index contributed by atoms with van der Waals surface area (Å²) in [5, 5.41) is 11.0. The van der Waals surface area contributed by atoms with Crippen LogP contribution in [-0.2, 0) is 9.84 Å². The van der Waals surface area contributed by atoms with Gasteiger partial charge in [-0.25, -0.2) is 12.8 Å². The molecule has 1 unspecified atom stereocenters. The van der Waals surface area contributed by atoms with Crippen molar-refractivity contribution >= 4 is 15.5 Å². The van der Waals surface area contributed by atoms with Gasteiger partial charge in [0.2, 0.25) is 0 Å². The Morgan fingerprint density at radius 1 is 1.53 bits per heavy atom. The minimum absolute atomic E-state index is 0.0329. The van der Waals surface area contributed by atoms with E-state index >= 15 is 0 Å². The summed E-state index contributed by atoms with van der Waals surface area (Å²) >= 11 is 0. The maximum absolute atomic E-state index is 13.0. The number of hydrogen-bond acceptors (Lipinski definition) is 4. The van der Waals surface area contributed by atoms with Crippen LogP contribution in [0, 0.1) is 5.82 Å². The molecule has 0 saturated heterocycles. The fourth-order valence-corrected chi connectivity index (χ4v) is 2.85. The summed E-state index contributed by atoms with van der Waals surface area (Å²) in [4.78, 5) is 0. The highest BCUT2D eigenvalue weighted by molar-refractivity contribution is 7.92. The van der Waals surface area contributed by atoms with Gasteiger partial charge in [-0.05, 0) is 18.6 Å². The van der Waals surface area contributed by atoms with E-state index in [0.29, 0.717) is 0 Å². The molecule has 0 radical (unpaired) electrons. The minimum atomic E-state index is -3.40. The molecule has 0 aromatic heterocycles. The quantitative estimate of drug-likeness (QED) is 0.509. The van der Waals surface area contributed by atoms with Crippen molar-refractivity contribution in [3.8, 4) is 0 Å². The highest BCUT2D eigenvalue weighted by Crippen LogP contribution is 2.15. The third-order valence-electron chi connectivity index (χ3n) is 2.42. The molecule has 0 saturated carbocycles. The lowest BCUT2D eigenvalue weighted by Gasteiger charge is -2.14. The average Bonchev–Trinajstić information content (AvgIpc) is 2.23. The molecule has 0 aliphatic carbocycles. The minimum Gasteiger partial charge on any atom is -0.411 e. The Morgan fingerprint density at radius 3 is 2.59 bits per heavy atom. The average molecular weight is 259 g/mol. The maximum atomic E-state index is 13.0. The first-order valence-corrected chi connectivity index (χ1v) is 7.02. The Morgan fingerprint density at radius 2 is 2.18 bits per heavy atom. The summed E-state index contributed by atoms with van der Waals surface area (Å²) in [6, 6.07) is 5.32. The molecule has 17 heavy (non-hydrogen) atoms. The Hall–Kier alpha value is -1.43. The summed E-state index contributed by atoms with van der Waals surface area (Å²) in [5.41, 5.74) is 0.235. The highest BCUT2D eigenvalue weighted by atomic mass is 32.2. The van der Waals surface area contributed by atoms with E-state index < -0.39 is 20.9 Å². The molecule has 1 rings (SSSR count). The summed E-state index contributed by atoms with van der Waals surface area (Å²) in [6.45, 7) is 1.66. The van der Waals surface area contributed by atoms with Crippen LogP contribution in [0.3, 0.4) is 0 Å². The fraction of sp³-hybridized carbons (Fsp3) is 0.364. The Labute approximate surface area is 99.7 Å². The van der Waals surface area contributed by atoms with Crippen molar-refractivity contribution < 1.29 is 18.0 Å². The van der Waals surface area contributed by atoms with Gasteiger partial charge in [0.15, 0.2) is 9.84 Å². The smallest absolute Gasteiger partial charge is 0.156 e. The van der Waals surface area contributed by atoms with E-state index in [4.69, 9.17) is 5.21 Å². The maximum Gasteiger partial charge on any atom is 0.156 e. The van der Waals surface area contributed by atoms with Crippen LogP contribution in [0.15, 0.2) is 29.4 Å². The molecule has 0 amide bonds. The van der Waals surface area contributed by atoms with Gasteiger partial charge in [0.05, 0.1) is 0 Å². The van der Waals surface area contributed by atoms with Crippen LogP contribution in [0.4, 0.5) is 4.39 Å². The number of oxime groups is 1. The van der Waals surface area contributed by atoms with Gasteiger partial charge < -0.3 is 5.21 Å². The number of sulfone groups is 1. The van der Waals surface area contributed by atoms with E-state index in [9.17, 15) is 12.8 Å². The van der Waals surface area contributed by atoms with E-state index in [0.717, 1.165) is 12.3 Å². The first-order chi connectivity index (χ1) is 7.90. The van der Waals surface area contributed by atoms with Crippen LogP contribution < -0.4 is 0 Å². The number of halogens is 1. The molecule has 4 nitrogen and oxygen atoms in total. The summed E-state index contributed by atoms with van der Waals surface area (Å²) in [7, 11) is -3.40. The van der Waals surface area contributed by atoms with Gasteiger partial charge in [0.25, 0.3) is 0 Å². The lowest BCUT2D eigenvalue weighted by Crippen LogP contribution is -2.29. The Balaban J connectivity index is 3.25. The van der Waals surface area contributed by atoms with Crippen LogP contribution in [0.5, 0.6) is 0 Å². The van der Waals surface area contributed by atoms with E-state index in [-0.39, 0.29) is 17.7 Å². The van der Waals surface area contributed by atoms with Crippen molar-refractivity contribution in [2.45, 2.75) is 18.6 Å². The highest BCUT2D eigenvalue weighted by Gasteiger charge is 2.26. The zero-order valence-electron chi connectivity index (χ0n) is 9.59. The van der Waals surface area contributed by atoms with Gasteiger partial charge in [-0.1, -0.05) is 24.2 Å². The molecule has 0 bridgehead atoms. The molecule has 1 N–H and O–H groups in total. The van der Waals surface area contributed by atoms with Crippen molar-refractivity contribution in [1.29, 1.82) is 0 Å². The normalized spacial score (nSPS) is 14.6. The SMILES string of the molecule is CCC(/C(=N/O)c1cccc(F)c1)S(C)(=O)=O. The van der Waals surface area contributed by atoms with Crippen molar-refractivity contribution in [3.05, 3.63) is 35.6 Å². The Kier molecular flexibility index (Phi) is 4.22. The number of rotatable bonds is 4. The topological polar surface area (TPSA) is 66.7 Å². The van der Waals surface area contributed by atoms with Crippen LogP contribution in [-0.4, -0.2) is 30.8 Å². The van der Waals surface area contributed by atoms with Gasteiger partial charge in [-0.15, -0.1) is 0 Å². The predicted octanol–water partition coefficient (Wildman–Crippen LogP) is 1.83. The molecule has 94 valence electrons. The molecule has 1 aromatic rings. The van der Waals surface area contributed by atoms with Crippen LogP contribution in [0.1, 0.15) is 18.9 Å². The molecule has 0 heterocycles. The largest absolute Gasteiger partial charge is 0.411 e. The molecule has 0 spiro atoms. The standard InChI is InChI=1S/C11H14FNO3S/c1-3-10(17(2,15)16)11(13-14)8-5-4-6-9(12)7-8/h4-7,10,14H,3H2,1-2H3/b13-11+. The molecule has 0 fully saturated rings. The molecule has 1 atom stereocenters. The molecule has 1 aromatic carbocycles. The second kappa shape index (κ2) is 5.27. The predicted molar refractivity (Wildman–Crippen MR) is 63.6 cm³/mol. The number of hydrogen-bond donors (Lipinski definition) is 1. The monoisotopic (exact) mass is 259 g/mol. The lowest BCUT2D eigenvalue weighted by molar-refractivity contribution is 0.318. The van der Waals surface area contributed by atoms with Crippen LogP contribution >= 0.6 is 0 Å². The number of benzene rings is 1.